The van der Waals surface area contributed by atoms with Gasteiger partial charge in [-0.3, -0.25) is 4.79 Å². The fourth-order valence-corrected chi connectivity index (χ4v) is 3.05. The molecule has 1 atom stereocenters. The van der Waals surface area contributed by atoms with Crippen molar-refractivity contribution in [2.24, 2.45) is 0 Å². The number of ether oxygens (including phenoxy) is 2. The van der Waals surface area contributed by atoms with Gasteiger partial charge in [-0.1, -0.05) is 12.1 Å². The van der Waals surface area contributed by atoms with Gasteiger partial charge in [0.2, 0.25) is 11.7 Å². The molecule has 1 aliphatic heterocycles. The van der Waals surface area contributed by atoms with E-state index in [1.54, 1.807) is 17.0 Å². The number of aromatic nitrogens is 4. The van der Waals surface area contributed by atoms with Crippen molar-refractivity contribution in [3.05, 3.63) is 54.3 Å². The minimum absolute atomic E-state index is 0.0494. The molecule has 2 heterocycles. The van der Waals surface area contributed by atoms with Gasteiger partial charge in [-0.25, -0.2) is 4.39 Å². The summed E-state index contributed by atoms with van der Waals surface area (Å²) in [6, 6.07) is 13.2. The molecular formula is C20H20FN5O3. The molecule has 0 aliphatic carbocycles. The van der Waals surface area contributed by atoms with Gasteiger partial charge in [0.05, 0.1) is 6.54 Å². The Morgan fingerprint density at radius 2 is 1.97 bits per heavy atom. The van der Waals surface area contributed by atoms with E-state index >= 15 is 0 Å². The lowest BCUT2D eigenvalue weighted by Crippen LogP contribution is -2.44. The lowest BCUT2D eigenvalue weighted by Gasteiger charge is -2.30. The summed E-state index contributed by atoms with van der Waals surface area (Å²) < 4.78 is 24.7. The van der Waals surface area contributed by atoms with Crippen molar-refractivity contribution in [1.82, 2.24) is 25.1 Å². The Balaban J connectivity index is 1.38. The molecule has 0 saturated heterocycles. The van der Waals surface area contributed by atoms with Crippen LogP contribution in [0.1, 0.15) is 6.92 Å². The smallest absolute Gasteiger partial charge is 0.246 e. The minimum Gasteiger partial charge on any atom is -0.486 e. The monoisotopic (exact) mass is 397 g/mol. The van der Waals surface area contributed by atoms with Crippen LogP contribution in [0.2, 0.25) is 0 Å². The van der Waals surface area contributed by atoms with Crippen molar-refractivity contribution in [1.29, 1.82) is 0 Å². The Kier molecular flexibility index (Phi) is 5.37. The molecule has 8 nitrogen and oxygen atoms in total. The topological polar surface area (TPSA) is 82.4 Å². The molecule has 1 aliphatic rings. The molecule has 0 spiro atoms. The van der Waals surface area contributed by atoms with Crippen LogP contribution in [0.3, 0.4) is 0 Å². The summed E-state index contributed by atoms with van der Waals surface area (Å²) in [5.74, 6) is 1.22. The predicted molar refractivity (Wildman–Crippen MR) is 102 cm³/mol. The number of halogens is 1. The number of likely N-dealkylation sites (N-methyl/N-ethyl adjacent to an activating group) is 1. The summed E-state index contributed by atoms with van der Waals surface area (Å²) >= 11 is 0. The summed E-state index contributed by atoms with van der Waals surface area (Å²) in [4.78, 5) is 15.6. The molecule has 0 fully saturated rings. The largest absolute Gasteiger partial charge is 0.486 e. The third-order valence-corrected chi connectivity index (χ3v) is 4.56. The van der Waals surface area contributed by atoms with E-state index in [0.29, 0.717) is 42.6 Å². The van der Waals surface area contributed by atoms with E-state index in [-0.39, 0.29) is 24.4 Å². The number of rotatable bonds is 6. The maximum Gasteiger partial charge on any atom is 0.246 e. The van der Waals surface area contributed by atoms with Gasteiger partial charge in [-0.2, -0.15) is 4.80 Å². The van der Waals surface area contributed by atoms with E-state index in [2.05, 4.69) is 15.4 Å². The van der Waals surface area contributed by atoms with Gasteiger partial charge in [0.15, 0.2) is 17.6 Å². The van der Waals surface area contributed by atoms with Crippen molar-refractivity contribution in [3.8, 4) is 22.9 Å². The summed E-state index contributed by atoms with van der Waals surface area (Å²) in [5.41, 5.74) is 0.629. The Labute approximate surface area is 166 Å². The van der Waals surface area contributed by atoms with Gasteiger partial charge < -0.3 is 14.4 Å². The average molecular weight is 397 g/mol. The van der Waals surface area contributed by atoms with Crippen LogP contribution in [0.4, 0.5) is 4.39 Å². The normalized spacial score (nSPS) is 15.2. The second-order valence-electron chi connectivity index (χ2n) is 6.58. The van der Waals surface area contributed by atoms with Crippen LogP contribution >= 0.6 is 0 Å². The SMILES string of the molecule is CCN(C[C@@H]1COc2ccccc2O1)C(=O)Cn1nnc(-c2ccc(F)cc2)n1. The van der Waals surface area contributed by atoms with Gasteiger partial charge in [0.1, 0.15) is 19.0 Å². The summed E-state index contributed by atoms with van der Waals surface area (Å²) in [6.07, 6.45) is -0.257. The van der Waals surface area contributed by atoms with Gasteiger partial charge in [-0.15, -0.1) is 10.2 Å². The lowest BCUT2D eigenvalue weighted by molar-refractivity contribution is -0.133. The van der Waals surface area contributed by atoms with Crippen LogP contribution in [0.5, 0.6) is 11.5 Å². The highest BCUT2D eigenvalue weighted by Gasteiger charge is 2.25. The number of carbonyl (C=O) groups excluding carboxylic acids is 1. The number of hydrogen-bond donors (Lipinski definition) is 0. The highest BCUT2D eigenvalue weighted by atomic mass is 19.1. The zero-order valence-electron chi connectivity index (χ0n) is 15.9. The fourth-order valence-electron chi connectivity index (χ4n) is 3.05. The molecule has 0 bridgehead atoms. The van der Waals surface area contributed by atoms with Gasteiger partial charge in [0.25, 0.3) is 0 Å². The number of tetrazole rings is 1. The summed E-state index contributed by atoms with van der Waals surface area (Å²) in [7, 11) is 0. The molecular weight excluding hydrogens is 377 g/mol. The molecule has 0 saturated carbocycles. The molecule has 9 heteroatoms. The van der Waals surface area contributed by atoms with Crippen molar-refractivity contribution >= 4 is 5.91 Å². The number of hydrogen-bond acceptors (Lipinski definition) is 6. The average Bonchev–Trinajstić information content (AvgIpc) is 3.20. The van der Waals surface area contributed by atoms with Crippen LogP contribution in [-0.2, 0) is 11.3 Å². The van der Waals surface area contributed by atoms with E-state index < -0.39 is 0 Å². The number of para-hydroxylation sites is 2. The first-order chi connectivity index (χ1) is 14.1. The summed E-state index contributed by atoms with van der Waals surface area (Å²) in [6.45, 7) is 3.13. The number of nitrogens with zero attached hydrogens (tertiary/aromatic N) is 5. The molecule has 1 amide bonds. The van der Waals surface area contributed by atoms with Crippen molar-refractivity contribution in [2.75, 3.05) is 19.7 Å². The van der Waals surface area contributed by atoms with Gasteiger partial charge in [0, 0.05) is 12.1 Å². The molecule has 0 radical (unpaired) electrons. The summed E-state index contributed by atoms with van der Waals surface area (Å²) in [5, 5.41) is 12.1. The first-order valence-electron chi connectivity index (χ1n) is 9.32. The molecule has 1 aromatic heterocycles. The standard InChI is InChI=1S/C20H20FN5O3/c1-2-25(11-16-13-28-17-5-3-4-6-18(17)29-16)19(27)12-26-23-20(22-24-26)14-7-9-15(21)10-8-14/h3-10,16H,2,11-13H2,1H3/t16-/m1/s1. The number of carbonyl (C=O) groups is 1. The zero-order chi connectivity index (χ0) is 20.2. The van der Waals surface area contributed by atoms with Crippen LogP contribution in [0, 0.1) is 5.82 Å². The Morgan fingerprint density at radius 1 is 1.21 bits per heavy atom. The molecule has 0 N–H and O–H groups in total. The molecule has 0 unspecified atom stereocenters. The highest BCUT2D eigenvalue weighted by Crippen LogP contribution is 2.31. The second-order valence-corrected chi connectivity index (χ2v) is 6.58. The second kappa shape index (κ2) is 8.26. The molecule has 3 aromatic rings. The molecule has 150 valence electrons. The van der Waals surface area contributed by atoms with Crippen LogP contribution in [-0.4, -0.2) is 56.8 Å². The number of benzene rings is 2. The lowest BCUT2D eigenvalue weighted by atomic mass is 10.2. The number of amides is 1. The third-order valence-electron chi connectivity index (χ3n) is 4.56. The Hall–Kier alpha value is -3.49. The van der Waals surface area contributed by atoms with Crippen LogP contribution < -0.4 is 9.47 Å². The first-order valence-corrected chi connectivity index (χ1v) is 9.32. The molecule has 2 aromatic carbocycles. The Morgan fingerprint density at radius 3 is 2.72 bits per heavy atom. The van der Waals surface area contributed by atoms with Crippen molar-refractivity contribution in [3.63, 3.8) is 0 Å². The predicted octanol–water partition coefficient (Wildman–Crippen LogP) is 2.17. The number of fused-ring (bicyclic) bond motifs is 1. The van der Waals surface area contributed by atoms with Crippen molar-refractivity contribution < 1.29 is 18.7 Å². The zero-order valence-corrected chi connectivity index (χ0v) is 15.9. The van der Waals surface area contributed by atoms with Gasteiger partial charge >= 0.3 is 0 Å². The van der Waals surface area contributed by atoms with E-state index in [1.807, 2.05) is 31.2 Å². The third kappa shape index (κ3) is 4.34. The maximum atomic E-state index is 13.1. The maximum absolute atomic E-state index is 13.1. The van der Waals surface area contributed by atoms with Crippen molar-refractivity contribution in [2.45, 2.75) is 19.6 Å². The first kappa shape index (κ1) is 18.9. The highest BCUT2D eigenvalue weighted by molar-refractivity contribution is 5.75. The van der Waals surface area contributed by atoms with Crippen LogP contribution in [0.25, 0.3) is 11.4 Å². The Bertz CT molecular complexity index is 992. The molecule has 4 rings (SSSR count). The van der Waals surface area contributed by atoms with Crippen LogP contribution in [0.15, 0.2) is 48.5 Å². The van der Waals surface area contributed by atoms with E-state index in [9.17, 15) is 9.18 Å². The van der Waals surface area contributed by atoms with E-state index in [4.69, 9.17) is 9.47 Å². The van der Waals surface area contributed by atoms with E-state index in [1.165, 1.54) is 16.9 Å². The van der Waals surface area contributed by atoms with Gasteiger partial charge in [-0.05, 0) is 48.5 Å². The van der Waals surface area contributed by atoms with E-state index in [0.717, 1.165) is 0 Å². The molecule has 29 heavy (non-hydrogen) atoms. The quantitative estimate of drug-likeness (QED) is 0.634. The minimum atomic E-state index is -0.341. The fraction of sp³-hybridized carbons (Fsp3) is 0.300.